The van der Waals surface area contributed by atoms with E-state index in [4.69, 9.17) is 22.3 Å². The summed E-state index contributed by atoms with van der Waals surface area (Å²) in [7, 11) is 0. The molecule has 0 fully saturated rings. The van der Waals surface area contributed by atoms with Crippen molar-refractivity contribution in [3.05, 3.63) is 0 Å². The van der Waals surface area contributed by atoms with Crippen LogP contribution in [-0.4, -0.2) is 29.6 Å². The van der Waals surface area contributed by atoms with Crippen LogP contribution in [0.2, 0.25) is 0 Å². The Morgan fingerprint density at radius 1 is 1.46 bits per heavy atom. The summed E-state index contributed by atoms with van der Waals surface area (Å²) in [6.45, 7) is 0.420. The molecule has 0 aliphatic heterocycles. The SMILES string of the molecule is NC(N)=NCCCC(N)C(=O)O.[Ag]. The van der Waals surface area contributed by atoms with Crippen LogP contribution in [0.1, 0.15) is 12.8 Å². The Morgan fingerprint density at radius 3 is 2.38 bits per heavy atom. The van der Waals surface area contributed by atoms with Gasteiger partial charge < -0.3 is 22.3 Å². The number of aliphatic carboxylic acids is 1. The van der Waals surface area contributed by atoms with E-state index in [-0.39, 0.29) is 28.3 Å². The zero-order chi connectivity index (χ0) is 9.56. The molecule has 0 spiro atoms. The zero-order valence-electron chi connectivity index (χ0n) is 7.03. The standard InChI is InChI=1S/C6H14N4O2.Ag/c7-4(5(11)12)2-1-3-10-6(8)9;/h4H,1-3,7H2,(H,11,12)(H4,8,9,10);. The van der Waals surface area contributed by atoms with Gasteiger partial charge in [-0.1, -0.05) is 0 Å². The van der Waals surface area contributed by atoms with Gasteiger partial charge in [0, 0.05) is 28.9 Å². The molecule has 7 heteroatoms. The second-order valence-electron chi connectivity index (χ2n) is 2.39. The van der Waals surface area contributed by atoms with Gasteiger partial charge in [-0.2, -0.15) is 0 Å². The monoisotopic (exact) mass is 281 g/mol. The summed E-state index contributed by atoms with van der Waals surface area (Å²) in [6, 6.07) is -0.820. The number of hydrogen-bond donors (Lipinski definition) is 4. The Morgan fingerprint density at radius 2 is 2.00 bits per heavy atom. The molecule has 0 amide bonds. The number of hydrogen-bond acceptors (Lipinski definition) is 3. The van der Waals surface area contributed by atoms with Crippen molar-refractivity contribution < 1.29 is 32.3 Å². The van der Waals surface area contributed by atoms with Crippen LogP contribution in [0.3, 0.4) is 0 Å². The van der Waals surface area contributed by atoms with Gasteiger partial charge in [0.25, 0.3) is 0 Å². The first-order chi connectivity index (χ1) is 5.54. The third kappa shape index (κ3) is 9.35. The zero-order valence-corrected chi connectivity index (χ0v) is 8.52. The van der Waals surface area contributed by atoms with Crippen LogP contribution in [-0.2, 0) is 27.2 Å². The largest absolute Gasteiger partial charge is 0.480 e. The van der Waals surface area contributed by atoms with E-state index in [0.29, 0.717) is 19.4 Å². The van der Waals surface area contributed by atoms with Crippen LogP contribution in [0.25, 0.3) is 0 Å². The van der Waals surface area contributed by atoms with E-state index >= 15 is 0 Å². The Kier molecular flexibility index (Phi) is 9.26. The third-order valence-electron chi connectivity index (χ3n) is 1.28. The van der Waals surface area contributed by atoms with Gasteiger partial charge in [-0.15, -0.1) is 0 Å². The average molecular weight is 282 g/mol. The number of rotatable bonds is 5. The van der Waals surface area contributed by atoms with Gasteiger partial charge in [-0.05, 0) is 12.8 Å². The number of aliphatic imine (C=N–C) groups is 1. The smallest absolute Gasteiger partial charge is 0.320 e. The fraction of sp³-hybridized carbons (Fsp3) is 0.667. The molecule has 6 nitrogen and oxygen atoms in total. The second-order valence-corrected chi connectivity index (χ2v) is 2.39. The van der Waals surface area contributed by atoms with Crippen molar-refractivity contribution in [2.24, 2.45) is 22.2 Å². The van der Waals surface area contributed by atoms with Crippen molar-refractivity contribution in [2.75, 3.05) is 6.54 Å². The molecule has 0 rings (SSSR count). The summed E-state index contributed by atoms with van der Waals surface area (Å²) < 4.78 is 0. The van der Waals surface area contributed by atoms with Crippen molar-refractivity contribution in [1.82, 2.24) is 0 Å². The molecule has 0 aliphatic carbocycles. The fourth-order valence-electron chi connectivity index (χ4n) is 0.643. The first-order valence-corrected chi connectivity index (χ1v) is 3.58. The molecular weight excluding hydrogens is 268 g/mol. The van der Waals surface area contributed by atoms with E-state index < -0.39 is 12.0 Å². The molecule has 1 radical (unpaired) electrons. The Balaban J connectivity index is 0. The summed E-state index contributed by atoms with van der Waals surface area (Å²) in [5.41, 5.74) is 15.3. The van der Waals surface area contributed by atoms with Gasteiger partial charge >= 0.3 is 5.97 Å². The van der Waals surface area contributed by atoms with Crippen LogP contribution < -0.4 is 17.2 Å². The van der Waals surface area contributed by atoms with Crippen LogP contribution in [0, 0.1) is 0 Å². The van der Waals surface area contributed by atoms with E-state index in [1.807, 2.05) is 0 Å². The molecule has 1 unspecified atom stereocenters. The minimum atomic E-state index is -1.00. The van der Waals surface area contributed by atoms with Gasteiger partial charge in [0.1, 0.15) is 6.04 Å². The van der Waals surface area contributed by atoms with Crippen LogP contribution in [0.4, 0.5) is 0 Å². The van der Waals surface area contributed by atoms with Gasteiger partial charge in [-0.25, -0.2) is 0 Å². The molecule has 0 aliphatic rings. The fourth-order valence-corrected chi connectivity index (χ4v) is 0.643. The summed E-state index contributed by atoms with van der Waals surface area (Å²) in [6.07, 6.45) is 0.956. The van der Waals surface area contributed by atoms with Crippen molar-refractivity contribution in [2.45, 2.75) is 18.9 Å². The molecule has 7 N–H and O–H groups in total. The van der Waals surface area contributed by atoms with Crippen LogP contribution in [0.15, 0.2) is 4.99 Å². The predicted octanol–water partition coefficient (Wildman–Crippen LogP) is -1.55. The maximum atomic E-state index is 10.2. The predicted molar refractivity (Wildman–Crippen MR) is 45.5 cm³/mol. The first-order valence-electron chi connectivity index (χ1n) is 3.58. The summed E-state index contributed by atoms with van der Waals surface area (Å²) in [4.78, 5) is 13.9. The number of nitrogens with zero attached hydrogens (tertiary/aromatic N) is 1. The van der Waals surface area contributed by atoms with Crippen LogP contribution >= 0.6 is 0 Å². The number of carbonyl (C=O) groups is 1. The van der Waals surface area contributed by atoms with Crippen LogP contribution in [0.5, 0.6) is 0 Å². The molecular formula is C6H14AgN4O2. The third-order valence-corrected chi connectivity index (χ3v) is 1.28. The molecule has 81 valence electrons. The number of carboxylic acid groups (broad SMARTS) is 1. The van der Waals surface area contributed by atoms with Crippen molar-refractivity contribution >= 4 is 11.9 Å². The molecule has 0 aromatic rings. The topological polar surface area (TPSA) is 128 Å². The molecule has 0 aromatic carbocycles. The van der Waals surface area contributed by atoms with E-state index in [1.54, 1.807) is 0 Å². The molecule has 0 aromatic heterocycles. The van der Waals surface area contributed by atoms with Gasteiger partial charge in [0.15, 0.2) is 5.96 Å². The van der Waals surface area contributed by atoms with Crippen molar-refractivity contribution in [3.63, 3.8) is 0 Å². The summed E-state index contributed by atoms with van der Waals surface area (Å²) >= 11 is 0. The normalized spacial score (nSPS) is 11.2. The number of nitrogens with two attached hydrogens (primary N) is 3. The van der Waals surface area contributed by atoms with Gasteiger partial charge in [0.05, 0.1) is 0 Å². The maximum Gasteiger partial charge on any atom is 0.320 e. The first kappa shape index (κ1) is 14.9. The average Bonchev–Trinajstić information content (AvgIpc) is 1.97. The second kappa shape index (κ2) is 8.06. The number of carboxylic acids is 1. The van der Waals surface area contributed by atoms with E-state index in [1.165, 1.54) is 0 Å². The van der Waals surface area contributed by atoms with E-state index in [9.17, 15) is 4.79 Å². The minimum Gasteiger partial charge on any atom is -0.480 e. The molecule has 0 saturated carbocycles. The van der Waals surface area contributed by atoms with E-state index in [0.717, 1.165) is 0 Å². The molecule has 0 bridgehead atoms. The molecule has 13 heavy (non-hydrogen) atoms. The van der Waals surface area contributed by atoms with Gasteiger partial charge in [0.2, 0.25) is 0 Å². The summed E-state index contributed by atoms with van der Waals surface area (Å²) in [5.74, 6) is -0.987. The van der Waals surface area contributed by atoms with Gasteiger partial charge in [-0.3, -0.25) is 9.79 Å². The van der Waals surface area contributed by atoms with E-state index in [2.05, 4.69) is 4.99 Å². The maximum absolute atomic E-state index is 10.2. The molecule has 0 saturated heterocycles. The quantitative estimate of drug-likeness (QED) is 0.210. The van der Waals surface area contributed by atoms with Crippen molar-refractivity contribution in [3.8, 4) is 0 Å². The molecule has 0 heterocycles. The van der Waals surface area contributed by atoms with Crippen molar-refractivity contribution in [1.29, 1.82) is 0 Å². The Bertz CT molecular complexity index is 181. The Labute approximate surface area is 92.1 Å². The minimum absolute atomic E-state index is 0. The number of guanidine groups is 1. The Hall–Kier alpha value is -0.560. The summed E-state index contributed by atoms with van der Waals surface area (Å²) in [5, 5.41) is 8.38. The molecule has 1 atom stereocenters.